The third-order valence-corrected chi connectivity index (χ3v) is 15.2. The normalized spacial score (nSPS) is 19.0. The molecular weight excluding hydrogens is 689 g/mol. The predicted molar refractivity (Wildman–Crippen MR) is 237 cm³/mol. The van der Waals surface area contributed by atoms with Gasteiger partial charge in [0.25, 0.3) is 0 Å². The smallest absolute Gasteiger partial charge is 0.207 e. The molecule has 0 aromatic heterocycles. The number of benzene rings is 4. The lowest BCUT2D eigenvalue weighted by atomic mass is 9.63. The van der Waals surface area contributed by atoms with E-state index in [4.69, 9.17) is 0 Å². The Hall–Kier alpha value is -3.69. The largest absolute Gasteiger partial charge is 0.218 e. The van der Waals surface area contributed by atoms with Crippen molar-refractivity contribution < 1.29 is 8.42 Å². The van der Waals surface area contributed by atoms with Crippen LogP contribution < -0.4 is 0 Å². The first-order valence-corrected chi connectivity index (χ1v) is 22.1. The van der Waals surface area contributed by atoms with E-state index >= 15 is 0 Å². The Bertz CT molecular complexity index is 2150. The van der Waals surface area contributed by atoms with Crippen LogP contribution in [-0.4, -0.2) is 8.42 Å². The highest BCUT2D eigenvalue weighted by Gasteiger charge is 2.38. The summed E-state index contributed by atoms with van der Waals surface area (Å²) >= 11 is 0. The van der Waals surface area contributed by atoms with Gasteiger partial charge in [0, 0.05) is 0 Å². The number of hydrogen-bond acceptors (Lipinski definition) is 2. The van der Waals surface area contributed by atoms with Crippen LogP contribution in [0.3, 0.4) is 0 Å². The van der Waals surface area contributed by atoms with Crippen molar-refractivity contribution in [3.05, 3.63) is 128 Å². The summed E-state index contributed by atoms with van der Waals surface area (Å²) in [6.45, 7) is 31.6. The van der Waals surface area contributed by atoms with Gasteiger partial charge in [0.05, 0.1) is 9.79 Å². The molecule has 0 fully saturated rings. The summed E-state index contributed by atoms with van der Waals surface area (Å²) in [6, 6.07) is 25.8. The number of allylic oxidation sites excluding steroid dienone is 2. The van der Waals surface area contributed by atoms with Gasteiger partial charge < -0.3 is 0 Å². The molecule has 0 saturated carbocycles. The van der Waals surface area contributed by atoms with E-state index in [9.17, 15) is 8.42 Å². The maximum Gasteiger partial charge on any atom is 0.207 e. The third kappa shape index (κ3) is 7.85. The monoisotopic (exact) mass is 754 g/mol. The van der Waals surface area contributed by atoms with Gasteiger partial charge in [0.15, 0.2) is 0 Å². The fourth-order valence-corrected chi connectivity index (χ4v) is 11.1. The summed E-state index contributed by atoms with van der Waals surface area (Å²) in [6.07, 6.45) is 9.16. The van der Waals surface area contributed by atoms with Crippen molar-refractivity contribution >= 4 is 33.1 Å². The summed E-state index contributed by atoms with van der Waals surface area (Å²) in [5.41, 5.74) is 15.0. The third-order valence-electron chi connectivity index (χ3n) is 13.3. The SMILES string of the molecule is CC(=Cc1ccc(S(=O)(=O)c2ccc(C=C(C)c3ccc4c(c3)C(C)(C)CCC4(C)C)cc2C(C)C)c(C(C)C)c1)c1ccc2c(c1)C(C)(C)CCC2(C)C. The molecule has 0 heterocycles. The van der Waals surface area contributed by atoms with Crippen LogP contribution in [0.25, 0.3) is 23.3 Å². The van der Waals surface area contributed by atoms with E-state index in [0.29, 0.717) is 9.79 Å². The molecule has 0 N–H and O–H groups in total. The van der Waals surface area contributed by atoms with Crippen molar-refractivity contribution in [1.29, 1.82) is 0 Å². The van der Waals surface area contributed by atoms with E-state index in [0.717, 1.165) is 22.3 Å². The van der Waals surface area contributed by atoms with E-state index in [2.05, 4.69) is 158 Å². The zero-order valence-electron chi connectivity index (χ0n) is 36.3. The Labute approximate surface area is 334 Å². The van der Waals surface area contributed by atoms with Crippen molar-refractivity contribution in [3.63, 3.8) is 0 Å². The van der Waals surface area contributed by atoms with Crippen LogP contribution in [0.2, 0.25) is 0 Å². The zero-order valence-corrected chi connectivity index (χ0v) is 37.1. The Morgan fingerprint density at radius 3 is 1.15 bits per heavy atom. The Kier molecular flexibility index (Phi) is 10.7. The molecule has 4 aromatic carbocycles. The summed E-state index contributed by atoms with van der Waals surface area (Å²) in [4.78, 5) is 0.798. The van der Waals surface area contributed by atoms with Crippen molar-refractivity contribution in [3.8, 4) is 0 Å². The van der Waals surface area contributed by atoms with Crippen LogP contribution >= 0.6 is 0 Å². The average Bonchev–Trinajstić information content (AvgIpc) is 3.11. The maximum atomic E-state index is 14.7. The summed E-state index contributed by atoms with van der Waals surface area (Å²) in [5, 5.41) is 0. The van der Waals surface area contributed by atoms with E-state index in [1.165, 1.54) is 70.2 Å². The first-order chi connectivity index (χ1) is 25.4. The highest BCUT2D eigenvalue weighted by molar-refractivity contribution is 7.91. The lowest BCUT2D eigenvalue weighted by Gasteiger charge is -2.42. The van der Waals surface area contributed by atoms with Gasteiger partial charge in [-0.3, -0.25) is 0 Å². The molecule has 292 valence electrons. The second-order valence-corrected chi connectivity index (χ2v) is 22.0. The quantitative estimate of drug-likeness (QED) is 0.168. The summed E-state index contributed by atoms with van der Waals surface area (Å²) in [5.74, 6) is 0.0643. The van der Waals surface area contributed by atoms with E-state index < -0.39 is 9.84 Å². The van der Waals surface area contributed by atoms with Gasteiger partial charge in [-0.1, -0.05) is 156 Å². The Morgan fingerprint density at radius 2 is 0.818 bits per heavy atom. The minimum absolute atomic E-state index is 0.0322. The highest BCUT2D eigenvalue weighted by Crippen LogP contribution is 2.48. The van der Waals surface area contributed by atoms with Crippen LogP contribution in [0.1, 0.15) is 190 Å². The number of fused-ring (bicyclic) bond motifs is 2. The molecule has 0 saturated heterocycles. The van der Waals surface area contributed by atoms with Crippen molar-refractivity contribution in [2.75, 3.05) is 0 Å². The molecule has 2 nitrogen and oxygen atoms in total. The van der Waals surface area contributed by atoms with Crippen molar-refractivity contribution in [1.82, 2.24) is 0 Å². The number of hydrogen-bond donors (Lipinski definition) is 0. The van der Waals surface area contributed by atoms with Gasteiger partial charge >= 0.3 is 0 Å². The van der Waals surface area contributed by atoms with Crippen LogP contribution in [0.5, 0.6) is 0 Å². The van der Waals surface area contributed by atoms with Gasteiger partial charge in [0.2, 0.25) is 9.84 Å². The first-order valence-electron chi connectivity index (χ1n) is 20.6. The maximum absolute atomic E-state index is 14.7. The second-order valence-electron chi connectivity index (χ2n) is 20.1. The fraction of sp³-hybridized carbons (Fsp3) is 0.462. The van der Waals surface area contributed by atoms with Crippen molar-refractivity contribution in [2.24, 2.45) is 0 Å². The minimum Gasteiger partial charge on any atom is -0.218 e. The molecule has 0 aliphatic heterocycles. The molecule has 0 bridgehead atoms. The fourth-order valence-electron chi connectivity index (χ4n) is 9.16. The number of rotatable bonds is 8. The first kappa shape index (κ1) is 41.0. The van der Waals surface area contributed by atoms with Crippen LogP contribution in [0, 0.1) is 0 Å². The number of sulfone groups is 1. The molecule has 2 aliphatic rings. The van der Waals surface area contributed by atoms with Gasteiger partial charge in [-0.25, -0.2) is 8.42 Å². The zero-order chi connectivity index (χ0) is 40.5. The molecule has 0 atom stereocenters. The molecular formula is C52H66O2S. The van der Waals surface area contributed by atoms with Crippen LogP contribution in [-0.2, 0) is 31.5 Å². The molecule has 55 heavy (non-hydrogen) atoms. The minimum atomic E-state index is -3.80. The molecule has 0 spiro atoms. The van der Waals surface area contributed by atoms with E-state index in [-0.39, 0.29) is 33.5 Å². The summed E-state index contributed by atoms with van der Waals surface area (Å²) < 4.78 is 29.3. The van der Waals surface area contributed by atoms with Gasteiger partial charge in [0.1, 0.15) is 0 Å². The average molecular weight is 755 g/mol. The molecule has 3 heteroatoms. The topological polar surface area (TPSA) is 34.1 Å². The molecule has 0 radical (unpaired) electrons. The molecule has 0 amide bonds. The van der Waals surface area contributed by atoms with Gasteiger partial charge in [-0.05, 0) is 152 Å². The van der Waals surface area contributed by atoms with Gasteiger partial charge in [-0.2, -0.15) is 0 Å². The molecule has 4 aromatic rings. The van der Waals surface area contributed by atoms with Gasteiger partial charge in [-0.15, -0.1) is 0 Å². The Balaban J connectivity index is 1.34. The molecule has 2 aliphatic carbocycles. The van der Waals surface area contributed by atoms with E-state index in [1.54, 1.807) is 0 Å². The summed E-state index contributed by atoms with van der Waals surface area (Å²) in [7, 11) is -3.80. The predicted octanol–water partition coefficient (Wildman–Crippen LogP) is 14.6. The molecule has 6 rings (SSSR count). The van der Waals surface area contributed by atoms with E-state index in [1.807, 2.05) is 24.3 Å². The molecule has 0 unspecified atom stereocenters. The lowest BCUT2D eigenvalue weighted by Crippen LogP contribution is -2.33. The second kappa shape index (κ2) is 14.4. The van der Waals surface area contributed by atoms with Crippen LogP contribution in [0.4, 0.5) is 0 Å². The standard InChI is InChI=1S/C52H66O2S/c1-33(2)41-29-37(27-35(5)39-17-19-43-45(31-39)51(11,12)25-23-49(43,7)8)15-21-47(41)55(53,54)48-22-16-38(30-42(48)34(3)4)28-36(6)40-18-20-44-46(32-40)52(13,14)26-24-50(44,9)10/h15-22,27-34H,23-26H2,1-14H3. The highest BCUT2D eigenvalue weighted by atomic mass is 32.2. The Morgan fingerprint density at radius 1 is 0.491 bits per heavy atom. The lowest BCUT2D eigenvalue weighted by molar-refractivity contribution is 0.332. The van der Waals surface area contributed by atoms with Crippen molar-refractivity contribution in [2.45, 2.75) is 166 Å². The van der Waals surface area contributed by atoms with Crippen LogP contribution in [0.15, 0.2) is 82.6 Å².